The molecule has 0 spiro atoms. The Morgan fingerprint density at radius 1 is 0.844 bits per heavy atom. The van der Waals surface area contributed by atoms with Crippen LogP contribution in [0.2, 0.25) is 0 Å². The van der Waals surface area contributed by atoms with Gasteiger partial charge in [-0.25, -0.2) is 0 Å². The molecule has 0 fully saturated rings. The second-order valence-electron chi connectivity index (χ2n) is 7.17. The number of aromatic nitrogens is 2. The lowest BCUT2D eigenvalue weighted by atomic mass is 10.1. The van der Waals surface area contributed by atoms with Crippen LogP contribution in [-0.2, 0) is 6.54 Å². The third-order valence-corrected chi connectivity index (χ3v) is 5.96. The molecule has 1 aliphatic heterocycles. The number of rotatable bonds is 5. The number of carbonyl (C=O) groups is 3. The van der Waals surface area contributed by atoms with Crippen LogP contribution >= 0.6 is 11.3 Å². The minimum absolute atomic E-state index is 0.0877. The van der Waals surface area contributed by atoms with E-state index in [2.05, 4.69) is 15.5 Å². The summed E-state index contributed by atoms with van der Waals surface area (Å²) in [5.74, 6) is -1.00. The average Bonchev–Trinajstić information content (AvgIpc) is 3.39. The zero-order chi connectivity index (χ0) is 22.1. The van der Waals surface area contributed by atoms with Crippen molar-refractivity contribution < 1.29 is 14.4 Å². The van der Waals surface area contributed by atoms with Crippen LogP contribution in [0.1, 0.15) is 36.6 Å². The number of carbonyl (C=O) groups excluding carboxylic acids is 3. The van der Waals surface area contributed by atoms with E-state index in [4.69, 9.17) is 0 Å². The highest BCUT2D eigenvalue weighted by Gasteiger charge is 2.35. The Hall–Kier alpha value is -4.17. The highest BCUT2D eigenvalue weighted by Crippen LogP contribution is 2.27. The number of hydrogen-bond donors (Lipinski definition) is 1. The molecule has 0 atom stereocenters. The average molecular weight is 440 g/mol. The summed E-state index contributed by atoms with van der Waals surface area (Å²) in [5, 5.41) is 12.0. The Bertz CT molecular complexity index is 1320. The summed E-state index contributed by atoms with van der Waals surface area (Å²) in [6.07, 6.45) is 0. The fourth-order valence-electron chi connectivity index (χ4n) is 3.52. The van der Waals surface area contributed by atoms with Crippen LogP contribution in [-0.4, -0.2) is 32.8 Å². The third-order valence-electron chi connectivity index (χ3n) is 5.07. The van der Waals surface area contributed by atoms with Gasteiger partial charge in [-0.15, -0.1) is 10.2 Å². The van der Waals surface area contributed by atoms with Gasteiger partial charge in [-0.3, -0.25) is 24.6 Å². The van der Waals surface area contributed by atoms with Gasteiger partial charge >= 0.3 is 0 Å². The standard InChI is InChI=1S/C24H16N4O3S/c29-20(25-24-27-26-21(32-24)16-8-2-1-3-9-16)17-10-6-7-15(13-17)14-28-22(30)18-11-4-5-12-19(18)23(28)31/h1-13H,14H2,(H,25,27,29). The number of benzene rings is 3. The summed E-state index contributed by atoms with van der Waals surface area (Å²) < 4.78 is 0. The van der Waals surface area contributed by atoms with Gasteiger partial charge in [-0.2, -0.15) is 0 Å². The van der Waals surface area contributed by atoms with Gasteiger partial charge in [0, 0.05) is 11.1 Å². The smallest absolute Gasteiger partial charge is 0.261 e. The summed E-state index contributed by atoms with van der Waals surface area (Å²) >= 11 is 1.28. The molecule has 4 aromatic rings. The van der Waals surface area contributed by atoms with Crippen LogP contribution in [0.15, 0.2) is 78.9 Å². The largest absolute Gasteiger partial charge is 0.296 e. The number of anilines is 1. The van der Waals surface area contributed by atoms with Crippen LogP contribution in [0.25, 0.3) is 10.6 Å². The van der Waals surface area contributed by atoms with Gasteiger partial charge in [0.2, 0.25) is 5.13 Å². The molecular weight excluding hydrogens is 424 g/mol. The number of imide groups is 1. The third kappa shape index (κ3) is 3.67. The van der Waals surface area contributed by atoms with Crippen LogP contribution in [0, 0.1) is 0 Å². The molecule has 0 unspecified atom stereocenters. The van der Waals surface area contributed by atoms with Crippen molar-refractivity contribution in [2.45, 2.75) is 6.54 Å². The van der Waals surface area contributed by atoms with Crippen molar-refractivity contribution in [3.63, 3.8) is 0 Å². The molecule has 0 saturated carbocycles. The van der Waals surface area contributed by atoms with E-state index in [0.29, 0.717) is 32.4 Å². The number of fused-ring (bicyclic) bond motifs is 1. The van der Waals surface area contributed by atoms with E-state index < -0.39 is 0 Å². The fraction of sp³-hybridized carbons (Fsp3) is 0.0417. The minimum Gasteiger partial charge on any atom is -0.296 e. The van der Waals surface area contributed by atoms with Crippen molar-refractivity contribution in [3.8, 4) is 10.6 Å². The monoisotopic (exact) mass is 440 g/mol. The van der Waals surface area contributed by atoms with E-state index in [1.54, 1.807) is 48.5 Å². The topological polar surface area (TPSA) is 92.3 Å². The molecule has 8 heteroatoms. The quantitative estimate of drug-likeness (QED) is 0.468. The van der Waals surface area contributed by atoms with Crippen molar-refractivity contribution in [3.05, 3.63) is 101 Å². The summed E-state index contributed by atoms with van der Waals surface area (Å²) in [4.78, 5) is 39.1. The molecule has 156 valence electrons. The van der Waals surface area contributed by atoms with Gasteiger partial charge in [0.15, 0.2) is 0 Å². The Balaban J connectivity index is 1.30. The molecule has 3 amide bonds. The molecule has 1 aliphatic rings. The second-order valence-corrected chi connectivity index (χ2v) is 8.15. The number of hydrogen-bond acceptors (Lipinski definition) is 6. The molecule has 7 nitrogen and oxygen atoms in total. The van der Waals surface area contributed by atoms with Crippen LogP contribution in [0.4, 0.5) is 5.13 Å². The molecule has 5 rings (SSSR count). The number of nitrogens with zero attached hydrogens (tertiary/aromatic N) is 3. The van der Waals surface area contributed by atoms with Gasteiger partial charge in [0.05, 0.1) is 17.7 Å². The van der Waals surface area contributed by atoms with Gasteiger partial charge < -0.3 is 0 Å². The Labute approximate surface area is 187 Å². The predicted octanol–water partition coefficient (Wildman–Crippen LogP) is 4.25. The first-order chi connectivity index (χ1) is 15.6. The highest BCUT2D eigenvalue weighted by molar-refractivity contribution is 7.18. The number of nitrogens with one attached hydrogen (secondary N) is 1. The Morgan fingerprint density at radius 3 is 2.25 bits per heavy atom. The summed E-state index contributed by atoms with van der Waals surface area (Å²) in [6, 6.07) is 23.2. The minimum atomic E-state index is -0.343. The zero-order valence-corrected chi connectivity index (χ0v) is 17.5. The lowest BCUT2D eigenvalue weighted by Gasteiger charge is -2.14. The summed E-state index contributed by atoms with van der Waals surface area (Å²) in [5.41, 5.74) is 2.80. The lowest BCUT2D eigenvalue weighted by molar-refractivity contribution is 0.0642. The zero-order valence-electron chi connectivity index (χ0n) is 16.7. The van der Waals surface area contributed by atoms with E-state index >= 15 is 0 Å². The fourth-order valence-corrected chi connectivity index (χ4v) is 4.26. The van der Waals surface area contributed by atoms with Crippen LogP contribution in [0.3, 0.4) is 0 Å². The SMILES string of the molecule is O=C(Nc1nnc(-c2ccccc2)s1)c1cccc(CN2C(=O)c3ccccc3C2=O)c1. The van der Waals surface area contributed by atoms with E-state index in [1.165, 1.54) is 16.2 Å². The second kappa shape index (κ2) is 8.16. The van der Waals surface area contributed by atoms with Gasteiger partial charge in [0.25, 0.3) is 17.7 Å². The molecule has 0 radical (unpaired) electrons. The molecule has 0 saturated heterocycles. The Kier molecular flexibility index (Phi) is 5.04. The Morgan fingerprint density at radius 2 is 1.53 bits per heavy atom. The van der Waals surface area contributed by atoms with Crippen molar-refractivity contribution in [1.29, 1.82) is 0 Å². The highest BCUT2D eigenvalue weighted by atomic mass is 32.1. The lowest BCUT2D eigenvalue weighted by Crippen LogP contribution is -2.29. The van der Waals surface area contributed by atoms with E-state index in [1.807, 2.05) is 30.3 Å². The first-order valence-corrected chi connectivity index (χ1v) is 10.7. The molecular formula is C24H16N4O3S. The number of amides is 3. The van der Waals surface area contributed by atoms with Crippen molar-refractivity contribution in [2.24, 2.45) is 0 Å². The van der Waals surface area contributed by atoms with E-state index in [-0.39, 0.29) is 24.3 Å². The maximum Gasteiger partial charge on any atom is 0.261 e. The normalized spacial score (nSPS) is 12.7. The maximum atomic E-state index is 12.7. The van der Waals surface area contributed by atoms with Crippen LogP contribution in [0.5, 0.6) is 0 Å². The van der Waals surface area contributed by atoms with Crippen LogP contribution < -0.4 is 5.32 Å². The predicted molar refractivity (Wildman–Crippen MR) is 120 cm³/mol. The van der Waals surface area contributed by atoms with Gasteiger partial charge in [0.1, 0.15) is 5.01 Å². The molecule has 32 heavy (non-hydrogen) atoms. The molecule has 2 heterocycles. The summed E-state index contributed by atoms with van der Waals surface area (Å²) in [6.45, 7) is 0.0877. The first kappa shape index (κ1) is 19.8. The first-order valence-electron chi connectivity index (χ1n) is 9.84. The molecule has 0 bridgehead atoms. The molecule has 1 aromatic heterocycles. The van der Waals surface area contributed by atoms with E-state index in [9.17, 15) is 14.4 Å². The van der Waals surface area contributed by atoms with Gasteiger partial charge in [-0.05, 0) is 29.8 Å². The van der Waals surface area contributed by atoms with Crippen molar-refractivity contribution in [1.82, 2.24) is 15.1 Å². The van der Waals surface area contributed by atoms with E-state index in [0.717, 1.165) is 5.56 Å². The molecule has 3 aromatic carbocycles. The molecule has 1 N–H and O–H groups in total. The summed E-state index contributed by atoms with van der Waals surface area (Å²) in [7, 11) is 0. The van der Waals surface area contributed by atoms with Crippen molar-refractivity contribution in [2.75, 3.05) is 5.32 Å². The van der Waals surface area contributed by atoms with Gasteiger partial charge in [-0.1, -0.05) is 65.9 Å². The van der Waals surface area contributed by atoms with Crippen molar-refractivity contribution >= 4 is 34.2 Å². The maximum absolute atomic E-state index is 12.7. The molecule has 0 aliphatic carbocycles.